The second-order valence-corrected chi connectivity index (χ2v) is 6.62. The lowest BCUT2D eigenvalue weighted by Crippen LogP contribution is -2.11. The number of benzene rings is 2. The molecule has 0 radical (unpaired) electrons. The summed E-state index contributed by atoms with van der Waals surface area (Å²) in [5, 5.41) is 8.25. The molecule has 0 saturated carbocycles. The van der Waals surface area contributed by atoms with Crippen molar-refractivity contribution in [3.63, 3.8) is 0 Å². The van der Waals surface area contributed by atoms with Gasteiger partial charge in [0.05, 0.1) is 11.4 Å². The summed E-state index contributed by atoms with van der Waals surface area (Å²) in [5.74, 6) is 0.835. The van der Waals surface area contributed by atoms with Gasteiger partial charge in [-0.1, -0.05) is 17.3 Å². The van der Waals surface area contributed by atoms with Crippen LogP contribution < -0.4 is 4.90 Å². The minimum absolute atomic E-state index is 0.835. The van der Waals surface area contributed by atoms with E-state index < -0.39 is 0 Å². The molecule has 0 aliphatic carbocycles. The van der Waals surface area contributed by atoms with Crippen molar-refractivity contribution in [1.82, 2.24) is 19.9 Å². The van der Waals surface area contributed by atoms with Gasteiger partial charge in [-0.2, -0.15) is 5.10 Å². The average Bonchev–Trinajstić information content (AvgIpc) is 3.32. The monoisotopic (exact) mass is 359 g/mol. The molecule has 27 heavy (non-hydrogen) atoms. The Labute approximate surface area is 158 Å². The lowest BCUT2D eigenvalue weighted by molar-refractivity contribution is 0.393. The predicted octanol–water partition coefficient (Wildman–Crippen LogP) is 4.62. The van der Waals surface area contributed by atoms with Crippen molar-refractivity contribution in [2.45, 2.75) is 20.8 Å². The summed E-state index contributed by atoms with van der Waals surface area (Å²) in [6.45, 7) is 6.03. The molecular formula is C21H21N5O. The van der Waals surface area contributed by atoms with Crippen LogP contribution >= 0.6 is 0 Å². The summed E-state index contributed by atoms with van der Waals surface area (Å²) in [6, 6.07) is 14.7. The molecule has 0 amide bonds. The van der Waals surface area contributed by atoms with E-state index >= 15 is 0 Å². The number of anilines is 2. The Morgan fingerprint density at radius 1 is 1.00 bits per heavy atom. The van der Waals surface area contributed by atoms with E-state index in [1.165, 1.54) is 11.9 Å². The van der Waals surface area contributed by atoms with Crippen LogP contribution in [0.5, 0.6) is 0 Å². The molecule has 136 valence electrons. The molecule has 0 fully saturated rings. The van der Waals surface area contributed by atoms with Crippen molar-refractivity contribution in [3.05, 3.63) is 72.1 Å². The highest BCUT2D eigenvalue weighted by molar-refractivity contribution is 5.76. The molecule has 2 aromatic heterocycles. The summed E-state index contributed by atoms with van der Waals surface area (Å²) in [7, 11) is 2.07. The Morgan fingerprint density at radius 2 is 1.78 bits per heavy atom. The summed E-state index contributed by atoms with van der Waals surface area (Å²) < 4.78 is 7.08. The van der Waals surface area contributed by atoms with Crippen molar-refractivity contribution < 1.29 is 4.52 Å². The number of hydrogen-bond acceptors (Lipinski definition) is 5. The first-order chi connectivity index (χ1) is 13.0. The molecule has 0 aliphatic rings. The molecule has 0 saturated heterocycles. The summed E-state index contributed by atoms with van der Waals surface area (Å²) in [5.41, 5.74) is 7.49. The maximum atomic E-state index is 5.34. The molecule has 4 aromatic rings. The number of hydrogen-bond donors (Lipinski definition) is 0. The minimum atomic E-state index is 0.835. The maximum absolute atomic E-state index is 5.34. The number of rotatable bonds is 4. The summed E-state index contributed by atoms with van der Waals surface area (Å²) in [6.07, 6.45) is 3.22. The predicted molar refractivity (Wildman–Crippen MR) is 106 cm³/mol. The zero-order valence-electron chi connectivity index (χ0n) is 15.8. The maximum Gasteiger partial charge on any atom is 0.141 e. The molecular weight excluding hydrogens is 338 g/mol. The Balaban J connectivity index is 1.69. The van der Waals surface area contributed by atoms with Gasteiger partial charge >= 0.3 is 0 Å². The molecule has 0 aliphatic heterocycles. The first kappa shape index (κ1) is 17.0. The van der Waals surface area contributed by atoms with Gasteiger partial charge in [0.25, 0.3) is 0 Å². The fraction of sp³-hybridized carbons (Fsp3) is 0.190. The molecule has 0 atom stereocenters. The third-order valence-corrected chi connectivity index (χ3v) is 4.81. The highest BCUT2D eigenvalue weighted by Gasteiger charge is 2.15. The Morgan fingerprint density at radius 3 is 2.41 bits per heavy atom. The van der Waals surface area contributed by atoms with Gasteiger partial charge in [-0.05, 0) is 62.2 Å². The van der Waals surface area contributed by atoms with E-state index in [-0.39, 0.29) is 0 Å². The van der Waals surface area contributed by atoms with Crippen molar-refractivity contribution in [1.29, 1.82) is 0 Å². The molecule has 0 unspecified atom stereocenters. The second-order valence-electron chi connectivity index (χ2n) is 6.62. The Hall–Kier alpha value is -3.41. The van der Waals surface area contributed by atoms with Crippen molar-refractivity contribution >= 4 is 11.4 Å². The van der Waals surface area contributed by atoms with E-state index in [9.17, 15) is 0 Å². The minimum Gasteiger partial charge on any atom is -0.361 e. The van der Waals surface area contributed by atoms with E-state index in [2.05, 4.69) is 64.4 Å². The molecule has 0 N–H and O–H groups in total. The van der Waals surface area contributed by atoms with Gasteiger partial charge in [0, 0.05) is 24.0 Å². The molecule has 0 spiro atoms. The van der Waals surface area contributed by atoms with Crippen molar-refractivity contribution in [2.24, 2.45) is 0 Å². The number of aromatic nitrogens is 4. The van der Waals surface area contributed by atoms with Crippen LogP contribution in [0.1, 0.15) is 17.0 Å². The van der Waals surface area contributed by atoms with Gasteiger partial charge in [0.15, 0.2) is 0 Å². The Bertz CT molecular complexity index is 1050. The normalized spacial score (nSPS) is 11.0. The molecule has 4 rings (SSSR count). The van der Waals surface area contributed by atoms with Crippen LogP contribution in [0.25, 0.3) is 16.8 Å². The van der Waals surface area contributed by atoms with Gasteiger partial charge in [0.2, 0.25) is 0 Å². The first-order valence-corrected chi connectivity index (χ1v) is 8.77. The van der Waals surface area contributed by atoms with Gasteiger partial charge in [-0.15, -0.1) is 0 Å². The smallest absolute Gasteiger partial charge is 0.141 e. The highest BCUT2D eigenvalue weighted by atomic mass is 16.5. The van der Waals surface area contributed by atoms with Crippen LogP contribution in [0.2, 0.25) is 0 Å². The van der Waals surface area contributed by atoms with Crippen molar-refractivity contribution in [2.75, 3.05) is 11.9 Å². The SMILES string of the molecule is Cc1ccc(-c2c(C)noc2C)cc1N(C)c1ccc(-n2cncn2)cc1. The lowest BCUT2D eigenvalue weighted by Gasteiger charge is -2.23. The van der Waals surface area contributed by atoms with Crippen LogP contribution in [0, 0.1) is 20.8 Å². The van der Waals surface area contributed by atoms with E-state index in [0.29, 0.717) is 0 Å². The zero-order chi connectivity index (χ0) is 19.0. The van der Waals surface area contributed by atoms with Gasteiger partial charge in [-0.3, -0.25) is 0 Å². The Kier molecular flexibility index (Phi) is 4.24. The van der Waals surface area contributed by atoms with Gasteiger partial charge in [0.1, 0.15) is 18.4 Å². The van der Waals surface area contributed by atoms with Crippen molar-refractivity contribution in [3.8, 4) is 16.8 Å². The fourth-order valence-corrected chi connectivity index (χ4v) is 3.33. The summed E-state index contributed by atoms with van der Waals surface area (Å²) >= 11 is 0. The molecule has 0 bridgehead atoms. The van der Waals surface area contributed by atoms with E-state index in [0.717, 1.165) is 39.6 Å². The quantitative estimate of drug-likeness (QED) is 0.532. The van der Waals surface area contributed by atoms with Crippen LogP contribution in [0.4, 0.5) is 11.4 Å². The standard InChI is InChI=1S/C21H21N5O/c1-14-5-6-17(21-15(2)24-27-16(21)3)11-20(14)25(4)18-7-9-19(10-8-18)26-13-22-12-23-26/h5-13H,1-4H3. The fourth-order valence-electron chi connectivity index (χ4n) is 3.33. The van der Waals surface area contributed by atoms with E-state index in [4.69, 9.17) is 4.52 Å². The highest BCUT2D eigenvalue weighted by Crippen LogP contribution is 2.34. The van der Waals surface area contributed by atoms with Crippen LogP contribution in [0.3, 0.4) is 0 Å². The first-order valence-electron chi connectivity index (χ1n) is 8.77. The second kappa shape index (κ2) is 6.72. The van der Waals surface area contributed by atoms with Crippen LogP contribution in [-0.4, -0.2) is 27.0 Å². The molecule has 2 aromatic carbocycles. The number of nitrogens with zero attached hydrogens (tertiary/aromatic N) is 5. The van der Waals surface area contributed by atoms with Gasteiger partial charge in [-0.25, -0.2) is 9.67 Å². The molecule has 2 heterocycles. The van der Waals surface area contributed by atoms with E-state index in [1.54, 1.807) is 11.0 Å². The third-order valence-electron chi connectivity index (χ3n) is 4.81. The van der Waals surface area contributed by atoms with E-state index in [1.807, 2.05) is 26.0 Å². The molecule has 6 heteroatoms. The van der Waals surface area contributed by atoms with Gasteiger partial charge < -0.3 is 9.42 Å². The van der Waals surface area contributed by atoms with Crippen LogP contribution in [-0.2, 0) is 0 Å². The molecule has 6 nitrogen and oxygen atoms in total. The number of aryl methyl sites for hydroxylation is 3. The largest absolute Gasteiger partial charge is 0.361 e. The zero-order valence-corrected chi connectivity index (χ0v) is 15.8. The average molecular weight is 359 g/mol. The topological polar surface area (TPSA) is 60.0 Å². The third kappa shape index (κ3) is 3.10. The lowest BCUT2D eigenvalue weighted by atomic mass is 10.0. The summed E-state index contributed by atoms with van der Waals surface area (Å²) in [4.78, 5) is 6.17. The van der Waals surface area contributed by atoms with Crippen LogP contribution in [0.15, 0.2) is 59.6 Å².